The molecule has 1 aliphatic heterocycles. The van der Waals surface area contributed by atoms with Crippen LogP contribution in [0.4, 0.5) is 11.4 Å². The second kappa shape index (κ2) is 16.2. The zero-order valence-corrected chi connectivity index (χ0v) is 27.5. The van der Waals surface area contributed by atoms with Crippen LogP contribution in [-0.2, 0) is 25.2 Å². The third kappa shape index (κ3) is 9.21. The van der Waals surface area contributed by atoms with E-state index >= 15 is 0 Å². The van der Waals surface area contributed by atoms with Crippen molar-refractivity contribution >= 4 is 11.4 Å². The molecular formula is C35H50N2OPd. The summed E-state index contributed by atoms with van der Waals surface area (Å²) in [6, 6.07) is 9.53. The maximum atomic E-state index is 4.78. The number of nitrogens with zero attached hydrogens (tertiary/aromatic N) is 2. The molecule has 0 N–H and O–H groups in total. The summed E-state index contributed by atoms with van der Waals surface area (Å²) in [4.78, 5) is 4.94. The van der Waals surface area contributed by atoms with Gasteiger partial charge in [-0.1, -0.05) is 104 Å². The van der Waals surface area contributed by atoms with E-state index in [0.29, 0.717) is 36.9 Å². The van der Waals surface area contributed by atoms with Gasteiger partial charge in [0, 0.05) is 23.8 Å². The summed E-state index contributed by atoms with van der Waals surface area (Å²) in [5.41, 5.74) is 11.3. The Morgan fingerprint density at radius 1 is 0.641 bits per heavy atom. The van der Waals surface area contributed by atoms with Gasteiger partial charge >= 0.3 is 20.4 Å². The third-order valence-corrected chi connectivity index (χ3v) is 6.83. The molecule has 0 saturated heterocycles. The van der Waals surface area contributed by atoms with E-state index in [2.05, 4.69) is 141 Å². The number of hydrogen-bond donors (Lipinski definition) is 0. The standard InChI is InChI=1S/C29H42N2.C6H8O.Pd/c1-18(2)24-13-22(9)14-25(19(3)4)28(24)30-11-12-31(17-30)29-26(20(5)6)15-23(10)16-27(29)21(7)8;1-3-5-7-6-4-2;/h11-16,18-21H,17H2,1-10H3;1-2,5-6H2;/q;-2;+2. The fraction of sp³-hybridized carbons (Fsp3) is 0.486. The fourth-order valence-corrected chi connectivity index (χ4v) is 5.00. The molecule has 0 amide bonds. The van der Waals surface area contributed by atoms with Gasteiger partial charge in [0.2, 0.25) is 0 Å². The number of aryl methyl sites for hydroxylation is 2. The van der Waals surface area contributed by atoms with Crippen molar-refractivity contribution in [3.05, 3.63) is 95.4 Å². The zero-order chi connectivity index (χ0) is 28.6. The van der Waals surface area contributed by atoms with E-state index in [9.17, 15) is 0 Å². The number of rotatable bonds is 10. The molecule has 2 aromatic rings. The Morgan fingerprint density at radius 2 is 0.923 bits per heavy atom. The summed E-state index contributed by atoms with van der Waals surface area (Å²) >= 11 is 0. The van der Waals surface area contributed by atoms with Gasteiger partial charge in [-0.25, -0.2) is 0 Å². The molecule has 1 aliphatic rings. The van der Waals surface area contributed by atoms with E-state index < -0.39 is 0 Å². The van der Waals surface area contributed by atoms with E-state index in [4.69, 9.17) is 4.74 Å². The van der Waals surface area contributed by atoms with Gasteiger partial charge < -0.3 is 26.7 Å². The molecule has 0 atom stereocenters. The predicted molar refractivity (Wildman–Crippen MR) is 166 cm³/mol. The Labute approximate surface area is 253 Å². The van der Waals surface area contributed by atoms with Crippen LogP contribution in [0.25, 0.3) is 0 Å². The van der Waals surface area contributed by atoms with Crippen LogP contribution in [0.2, 0.25) is 0 Å². The van der Waals surface area contributed by atoms with Gasteiger partial charge in [0.05, 0.1) is 6.67 Å². The van der Waals surface area contributed by atoms with Crippen LogP contribution in [0.1, 0.15) is 112 Å². The van der Waals surface area contributed by atoms with Crippen LogP contribution in [0.3, 0.4) is 0 Å². The van der Waals surface area contributed by atoms with Crippen LogP contribution in [-0.4, -0.2) is 19.9 Å². The van der Waals surface area contributed by atoms with Gasteiger partial charge in [-0.05, 0) is 59.8 Å². The van der Waals surface area contributed by atoms with Crippen molar-refractivity contribution in [1.29, 1.82) is 0 Å². The van der Waals surface area contributed by atoms with Crippen LogP contribution < -0.4 is 9.80 Å². The molecule has 0 unspecified atom stereocenters. The minimum atomic E-state index is 0. The monoisotopic (exact) mass is 620 g/mol. The van der Waals surface area contributed by atoms with Crippen LogP contribution >= 0.6 is 0 Å². The van der Waals surface area contributed by atoms with Gasteiger partial charge in [-0.2, -0.15) is 0 Å². The van der Waals surface area contributed by atoms with E-state index in [1.54, 1.807) is 0 Å². The van der Waals surface area contributed by atoms with Crippen molar-refractivity contribution in [3.8, 4) is 0 Å². The SMILES string of the molecule is C=[C-]COC[C-]=C.Cc1cc(C(C)C)c(N2C=CN(c3c(C(C)C)cc(C)cc3C(C)C)C2)c(C(C)C)c1.[Pd+2]. The minimum absolute atomic E-state index is 0. The first-order valence-electron chi connectivity index (χ1n) is 14.0. The summed E-state index contributed by atoms with van der Waals surface area (Å²) in [6.07, 6.45) is 9.70. The summed E-state index contributed by atoms with van der Waals surface area (Å²) in [5, 5.41) is 0. The van der Waals surface area contributed by atoms with Crippen LogP contribution in [0.5, 0.6) is 0 Å². The number of benzene rings is 2. The van der Waals surface area contributed by atoms with E-state index in [0.717, 1.165) is 6.67 Å². The van der Waals surface area contributed by atoms with Crippen molar-refractivity contribution in [2.45, 2.75) is 92.9 Å². The molecule has 0 aromatic heterocycles. The molecule has 2 aromatic carbocycles. The van der Waals surface area contributed by atoms with Crippen molar-refractivity contribution in [3.63, 3.8) is 0 Å². The molecule has 0 bridgehead atoms. The Bertz CT molecular complexity index is 970. The molecular weight excluding hydrogens is 571 g/mol. The predicted octanol–water partition coefficient (Wildman–Crippen LogP) is 9.53. The summed E-state index contributed by atoms with van der Waals surface area (Å²) in [6.45, 7) is 31.4. The Hall–Kier alpha value is -2.12. The minimum Gasteiger partial charge on any atom is -0.477 e. The quantitative estimate of drug-likeness (QED) is 0.149. The zero-order valence-electron chi connectivity index (χ0n) is 25.9. The molecule has 216 valence electrons. The van der Waals surface area contributed by atoms with Crippen molar-refractivity contribution in [2.75, 3.05) is 29.7 Å². The first kappa shape index (κ1) is 34.9. The molecule has 3 nitrogen and oxygen atoms in total. The first-order chi connectivity index (χ1) is 17.9. The summed E-state index contributed by atoms with van der Waals surface area (Å²) in [5.74, 6) is 1.97. The van der Waals surface area contributed by atoms with Crippen molar-refractivity contribution in [1.82, 2.24) is 0 Å². The maximum Gasteiger partial charge on any atom is 2.00 e. The molecule has 0 aliphatic carbocycles. The molecule has 3 rings (SSSR count). The van der Waals surface area contributed by atoms with E-state index in [1.165, 1.54) is 44.8 Å². The van der Waals surface area contributed by atoms with Gasteiger partial charge in [-0.15, -0.1) is 0 Å². The molecule has 0 saturated carbocycles. The second-order valence-electron chi connectivity index (χ2n) is 11.6. The van der Waals surface area contributed by atoms with Crippen LogP contribution in [0.15, 0.2) is 49.8 Å². The number of anilines is 2. The fourth-order valence-electron chi connectivity index (χ4n) is 5.00. The summed E-state index contributed by atoms with van der Waals surface area (Å²) < 4.78 is 4.78. The van der Waals surface area contributed by atoms with E-state index in [-0.39, 0.29) is 20.4 Å². The molecule has 39 heavy (non-hydrogen) atoms. The van der Waals surface area contributed by atoms with Gasteiger partial charge in [-0.3, -0.25) is 13.2 Å². The Balaban J connectivity index is 0.000000841. The van der Waals surface area contributed by atoms with E-state index in [1.807, 2.05) is 0 Å². The average Bonchev–Trinajstić information content (AvgIpc) is 3.33. The maximum absolute atomic E-state index is 4.78. The van der Waals surface area contributed by atoms with Gasteiger partial charge in [0.15, 0.2) is 0 Å². The van der Waals surface area contributed by atoms with Gasteiger partial charge in [0.25, 0.3) is 0 Å². The molecule has 0 fully saturated rings. The number of hydrogen-bond acceptors (Lipinski definition) is 3. The normalized spacial score (nSPS) is 12.8. The first-order valence-corrected chi connectivity index (χ1v) is 14.0. The van der Waals surface area contributed by atoms with Gasteiger partial charge in [0.1, 0.15) is 0 Å². The number of ether oxygens (including phenoxy) is 1. The molecule has 0 spiro atoms. The second-order valence-corrected chi connectivity index (χ2v) is 11.6. The van der Waals surface area contributed by atoms with Crippen LogP contribution in [0, 0.1) is 26.0 Å². The topological polar surface area (TPSA) is 15.7 Å². The average molecular weight is 621 g/mol. The third-order valence-electron chi connectivity index (χ3n) is 6.83. The largest absolute Gasteiger partial charge is 2.00 e. The summed E-state index contributed by atoms with van der Waals surface area (Å²) in [7, 11) is 0. The molecule has 1 heterocycles. The van der Waals surface area contributed by atoms with Crippen molar-refractivity contribution in [2.24, 2.45) is 0 Å². The Kier molecular flexibility index (Phi) is 14.5. The molecule has 4 heteroatoms. The van der Waals surface area contributed by atoms with Crippen molar-refractivity contribution < 1.29 is 25.2 Å². The Morgan fingerprint density at radius 3 is 1.15 bits per heavy atom. The smallest absolute Gasteiger partial charge is 0.477 e. The molecule has 0 radical (unpaired) electrons.